The van der Waals surface area contributed by atoms with Crippen LogP contribution in [0.5, 0.6) is 0 Å². The van der Waals surface area contributed by atoms with Crippen LogP contribution in [0.4, 0.5) is 0 Å². The smallest absolute Gasteiger partial charge is 0.355 e. The maximum atomic E-state index is 13.6. The van der Waals surface area contributed by atoms with Crippen LogP contribution < -0.4 is 0 Å². The average molecular weight is 518 g/mol. The largest absolute Gasteiger partial charge is 0.458 e. The molecule has 1 aromatic heterocycles. The molecule has 10 heteroatoms. The van der Waals surface area contributed by atoms with Gasteiger partial charge in [-0.05, 0) is 24.6 Å². The van der Waals surface area contributed by atoms with E-state index in [1.807, 2.05) is 26.0 Å². The number of aromatic amines is 1. The van der Waals surface area contributed by atoms with Crippen LogP contribution in [-0.4, -0.2) is 90.7 Å². The zero-order valence-corrected chi connectivity index (χ0v) is 21.4. The van der Waals surface area contributed by atoms with E-state index in [0.29, 0.717) is 5.69 Å². The molecule has 5 rings (SSSR count). The Bertz CT molecular complexity index is 1070. The topological polar surface area (TPSA) is 137 Å². The van der Waals surface area contributed by atoms with Gasteiger partial charge in [0.15, 0.2) is 0 Å². The van der Waals surface area contributed by atoms with Crippen LogP contribution in [0.3, 0.4) is 0 Å². The third-order valence-electron chi connectivity index (χ3n) is 8.45. The molecule has 1 saturated carbocycles. The highest BCUT2D eigenvalue weighted by Crippen LogP contribution is 2.60. The minimum absolute atomic E-state index is 0.0232. The Labute approximate surface area is 215 Å². The molecule has 10 nitrogen and oxygen atoms in total. The fourth-order valence-corrected chi connectivity index (χ4v) is 6.90. The molecule has 0 amide bonds. The first kappa shape index (κ1) is 26.1. The normalized spacial score (nSPS) is 42.6. The third kappa shape index (κ3) is 4.06. The highest BCUT2D eigenvalue weighted by molar-refractivity contribution is 5.87. The van der Waals surface area contributed by atoms with Crippen LogP contribution in [0.1, 0.15) is 24.3 Å². The Morgan fingerprint density at radius 1 is 1.27 bits per heavy atom. The van der Waals surface area contributed by atoms with Gasteiger partial charge in [0, 0.05) is 44.1 Å². The fourth-order valence-electron chi connectivity index (χ4n) is 6.90. The standard InChI is InChI=1S/C27H35NO9/c1-13-10-14(2)27-17(25(31)35-22(13)19(29)12-34-4)8-7-15-20(27)21(30)16(11-33-3)23(24(15)37-27)36-26(32)18-6-5-9-28-18/h5-10,13,15-17,19-24,28-30H,11-12H2,1-4H3/b14-10+/t13-,15?,16-,17-,19-,20?,21-,22+,23-,24-,27+/m1/s1. The zero-order valence-electron chi connectivity index (χ0n) is 21.4. The summed E-state index contributed by atoms with van der Waals surface area (Å²) in [6.45, 7) is 3.91. The Kier molecular flexibility index (Phi) is 7.06. The molecular formula is C27H35NO9. The van der Waals surface area contributed by atoms with E-state index in [0.717, 1.165) is 5.57 Å². The first-order valence-electron chi connectivity index (χ1n) is 12.7. The van der Waals surface area contributed by atoms with E-state index in [2.05, 4.69) is 4.98 Å². The summed E-state index contributed by atoms with van der Waals surface area (Å²) in [7, 11) is 3.00. The van der Waals surface area contributed by atoms with E-state index in [1.54, 1.807) is 24.4 Å². The quantitative estimate of drug-likeness (QED) is 0.361. The number of nitrogens with one attached hydrogen (secondary N) is 1. The number of carbonyl (C=O) groups is 2. The molecule has 1 aromatic rings. The number of hydrogen-bond donors (Lipinski definition) is 3. The van der Waals surface area contributed by atoms with E-state index in [-0.39, 0.29) is 25.0 Å². The first-order chi connectivity index (χ1) is 17.7. The van der Waals surface area contributed by atoms with Gasteiger partial charge in [-0.25, -0.2) is 4.79 Å². The summed E-state index contributed by atoms with van der Waals surface area (Å²) in [6, 6.07) is 3.32. The van der Waals surface area contributed by atoms with Gasteiger partial charge in [0.05, 0.1) is 19.3 Å². The molecule has 1 saturated heterocycles. The number of hydrogen-bond acceptors (Lipinski definition) is 9. The summed E-state index contributed by atoms with van der Waals surface area (Å²) < 4.78 is 29.1. The van der Waals surface area contributed by atoms with Crippen molar-refractivity contribution in [2.45, 2.75) is 50.0 Å². The van der Waals surface area contributed by atoms with Crippen LogP contribution in [0.2, 0.25) is 0 Å². The Hall–Kier alpha value is -2.50. The first-order valence-corrected chi connectivity index (χ1v) is 12.7. The lowest BCUT2D eigenvalue weighted by atomic mass is 9.57. The van der Waals surface area contributed by atoms with Gasteiger partial charge < -0.3 is 38.9 Å². The predicted molar refractivity (Wildman–Crippen MR) is 129 cm³/mol. The summed E-state index contributed by atoms with van der Waals surface area (Å²) in [5.74, 6) is -3.63. The number of carbonyl (C=O) groups excluding carboxylic acids is 2. The lowest BCUT2D eigenvalue weighted by Gasteiger charge is -2.48. The van der Waals surface area contributed by atoms with E-state index in [1.165, 1.54) is 14.2 Å². The number of aromatic nitrogens is 1. The van der Waals surface area contributed by atoms with Gasteiger partial charge in [-0.1, -0.05) is 25.2 Å². The molecule has 0 aromatic carbocycles. The van der Waals surface area contributed by atoms with Crippen LogP contribution in [0, 0.1) is 29.6 Å². The Morgan fingerprint density at radius 2 is 2.05 bits per heavy atom. The van der Waals surface area contributed by atoms with E-state index in [4.69, 9.17) is 23.7 Å². The molecule has 2 fully saturated rings. The summed E-state index contributed by atoms with van der Waals surface area (Å²) in [4.78, 5) is 29.4. The molecule has 11 atom stereocenters. The van der Waals surface area contributed by atoms with E-state index in [9.17, 15) is 19.8 Å². The van der Waals surface area contributed by atoms with Crippen molar-refractivity contribution >= 4 is 11.9 Å². The van der Waals surface area contributed by atoms with Gasteiger partial charge in [-0.3, -0.25) is 4.79 Å². The molecule has 2 unspecified atom stereocenters. The van der Waals surface area contributed by atoms with E-state index >= 15 is 0 Å². The monoisotopic (exact) mass is 517 g/mol. The highest BCUT2D eigenvalue weighted by Gasteiger charge is 2.71. The molecule has 3 heterocycles. The summed E-state index contributed by atoms with van der Waals surface area (Å²) in [5, 5.41) is 22.3. The van der Waals surface area contributed by atoms with Gasteiger partial charge >= 0.3 is 11.9 Å². The number of esters is 2. The van der Waals surface area contributed by atoms with Crippen molar-refractivity contribution < 1.29 is 43.5 Å². The molecule has 202 valence electrons. The van der Waals surface area contributed by atoms with Crippen molar-refractivity contribution in [3.05, 3.63) is 47.8 Å². The lowest BCUT2D eigenvalue weighted by molar-refractivity contribution is -0.176. The van der Waals surface area contributed by atoms with Crippen LogP contribution in [0.25, 0.3) is 0 Å². The summed E-state index contributed by atoms with van der Waals surface area (Å²) >= 11 is 0. The van der Waals surface area contributed by atoms with E-state index < -0.39 is 65.8 Å². The second kappa shape index (κ2) is 9.99. The molecular weight excluding hydrogens is 482 g/mol. The molecule has 4 bridgehead atoms. The third-order valence-corrected chi connectivity index (χ3v) is 8.45. The number of methoxy groups -OCH3 is 2. The molecule has 3 N–H and O–H groups in total. The Morgan fingerprint density at radius 3 is 2.73 bits per heavy atom. The molecule has 4 aliphatic rings. The van der Waals surface area contributed by atoms with Gasteiger partial charge in [0.25, 0.3) is 0 Å². The fraction of sp³-hybridized carbons (Fsp3) is 0.630. The van der Waals surface area contributed by atoms with Gasteiger partial charge in [-0.15, -0.1) is 0 Å². The summed E-state index contributed by atoms with van der Waals surface area (Å²) in [5.41, 5.74) is -0.129. The number of cyclic esters (lactones) is 1. The zero-order chi connectivity index (χ0) is 26.5. The SMILES string of the molecule is COC[C@H]1[C@@H](OC(=O)c2ccc[nH]2)[C@@H]2O[C@@]34/C(C)=C/[C@@H](C)[C@@H]([C@H](O)COC)OC(=O)[C@H]3C=CC2C4[C@@H]1O. The summed E-state index contributed by atoms with van der Waals surface area (Å²) in [6.07, 6.45) is 3.01. The number of aliphatic hydroxyl groups is 2. The number of ether oxygens (including phenoxy) is 5. The highest BCUT2D eigenvalue weighted by atomic mass is 16.6. The van der Waals surface area contributed by atoms with Gasteiger partial charge in [0.2, 0.25) is 0 Å². The van der Waals surface area contributed by atoms with Crippen molar-refractivity contribution in [3.8, 4) is 0 Å². The van der Waals surface area contributed by atoms with Gasteiger partial charge in [-0.2, -0.15) is 0 Å². The predicted octanol–water partition coefficient (Wildman–Crippen LogP) is 1.25. The van der Waals surface area contributed by atoms with Crippen molar-refractivity contribution in [2.75, 3.05) is 27.4 Å². The molecule has 1 spiro atoms. The van der Waals surface area contributed by atoms with Crippen LogP contribution in [0.15, 0.2) is 42.1 Å². The molecule has 2 aliphatic heterocycles. The second-order valence-electron chi connectivity index (χ2n) is 10.5. The second-order valence-corrected chi connectivity index (χ2v) is 10.5. The van der Waals surface area contributed by atoms with Crippen molar-refractivity contribution in [1.29, 1.82) is 0 Å². The molecule has 0 radical (unpaired) electrons. The lowest BCUT2D eigenvalue weighted by Crippen LogP contribution is -2.60. The minimum atomic E-state index is -1.19. The van der Waals surface area contributed by atoms with Crippen molar-refractivity contribution in [2.24, 2.45) is 29.6 Å². The maximum Gasteiger partial charge on any atom is 0.355 e. The number of H-pyrrole nitrogens is 1. The Balaban J connectivity index is 1.55. The van der Waals surface area contributed by atoms with Gasteiger partial charge in [0.1, 0.15) is 41.6 Å². The molecule has 2 aliphatic carbocycles. The maximum absolute atomic E-state index is 13.6. The van der Waals surface area contributed by atoms with Crippen molar-refractivity contribution in [1.82, 2.24) is 4.98 Å². The number of aliphatic hydroxyl groups excluding tert-OH is 2. The molecule has 37 heavy (non-hydrogen) atoms. The van der Waals surface area contributed by atoms with Crippen LogP contribution >= 0.6 is 0 Å². The number of rotatable bonds is 7. The van der Waals surface area contributed by atoms with Crippen molar-refractivity contribution in [3.63, 3.8) is 0 Å². The van der Waals surface area contributed by atoms with Crippen LogP contribution in [-0.2, 0) is 28.5 Å². The average Bonchev–Trinajstić information content (AvgIpc) is 3.46. The minimum Gasteiger partial charge on any atom is -0.458 e.